The highest BCUT2D eigenvalue weighted by Crippen LogP contribution is 2.43. The van der Waals surface area contributed by atoms with Crippen molar-refractivity contribution in [1.82, 2.24) is 0 Å². The Morgan fingerprint density at radius 1 is 0.593 bits per heavy atom. The fourth-order valence-corrected chi connectivity index (χ4v) is 6.00. The molecule has 0 aromatic carbocycles. The second-order valence-electron chi connectivity index (χ2n) is 13.5. The molecule has 0 heterocycles. The third-order valence-electron chi connectivity index (χ3n) is 8.39. The molecule has 2 unspecified atom stereocenters. The minimum atomic E-state index is -4.28. The number of rotatable bonds is 39. The molecule has 0 aromatic heterocycles. The molecule has 0 aliphatic carbocycles. The Kier molecular flexibility index (Phi) is 39.8. The first-order chi connectivity index (χ1) is 26.4. The minimum absolute atomic E-state index is 0.0891. The van der Waals surface area contributed by atoms with Crippen molar-refractivity contribution in [2.45, 2.75) is 168 Å². The van der Waals surface area contributed by atoms with Crippen molar-refractivity contribution in [3.8, 4) is 0 Å². The Bertz CT molecular complexity index is 1100. The maximum atomic E-state index is 12.4. The van der Waals surface area contributed by atoms with E-state index >= 15 is 0 Å². The van der Waals surface area contributed by atoms with E-state index in [9.17, 15) is 14.3 Å². The van der Waals surface area contributed by atoms with Gasteiger partial charge in [0.1, 0.15) is 6.61 Å². The number of nitrogens with two attached hydrogens (primary N) is 1. The van der Waals surface area contributed by atoms with Crippen molar-refractivity contribution in [2.75, 3.05) is 26.4 Å². The number of esters is 1. The standard InChI is InChI=1S/C45H78NO7P/c1-3-5-7-9-11-13-15-17-19-21-22-23-24-26-28-30-32-34-36-38-45(47)51-42-44(43-53-54(48,49)52-41-39-46)50-40-37-35-33-31-29-27-25-20-18-16-14-12-10-8-6-4-2/h5,7,11,13-14,16-17,19,22-23,26,28,37,40,44H,3-4,6,8-10,12,15,18,20-21,24-25,27,29-36,38-39,41-43,46H2,1-2H3,(H,48,49). The molecule has 2 atom stereocenters. The molecule has 310 valence electrons. The van der Waals surface area contributed by atoms with Gasteiger partial charge >= 0.3 is 13.8 Å². The van der Waals surface area contributed by atoms with Gasteiger partial charge < -0.3 is 20.1 Å². The average Bonchev–Trinajstić information content (AvgIpc) is 3.16. The number of unbranched alkanes of at least 4 members (excludes halogenated alkanes) is 14. The summed E-state index contributed by atoms with van der Waals surface area (Å²) in [4.78, 5) is 22.3. The second-order valence-corrected chi connectivity index (χ2v) is 15.0. The zero-order chi connectivity index (χ0) is 39.5. The molecule has 3 N–H and O–H groups in total. The molecule has 0 aliphatic rings. The predicted octanol–water partition coefficient (Wildman–Crippen LogP) is 12.9. The SMILES string of the molecule is CCC=CCC=CCC=CCC=CCC=CCCCCCC(=O)OCC(COP(=O)(O)OCCN)OC=CCCCCCCCCC=CCCCCCC. The summed E-state index contributed by atoms with van der Waals surface area (Å²) >= 11 is 0. The van der Waals surface area contributed by atoms with Crippen molar-refractivity contribution < 1.29 is 32.8 Å². The Labute approximate surface area is 330 Å². The Hall–Kier alpha value is -2.48. The summed E-state index contributed by atoms with van der Waals surface area (Å²) in [5.41, 5.74) is 5.36. The van der Waals surface area contributed by atoms with Gasteiger partial charge in [-0.1, -0.05) is 138 Å². The molecule has 0 fully saturated rings. The van der Waals surface area contributed by atoms with Crippen LogP contribution >= 0.6 is 7.82 Å². The maximum Gasteiger partial charge on any atom is 0.472 e. The molecular weight excluding hydrogens is 697 g/mol. The van der Waals surface area contributed by atoms with E-state index in [-0.39, 0.29) is 32.3 Å². The van der Waals surface area contributed by atoms with E-state index in [0.29, 0.717) is 6.42 Å². The van der Waals surface area contributed by atoms with E-state index in [1.54, 1.807) is 6.26 Å². The van der Waals surface area contributed by atoms with Crippen LogP contribution in [0.4, 0.5) is 0 Å². The smallest absolute Gasteiger partial charge is 0.472 e. The van der Waals surface area contributed by atoms with Crippen LogP contribution in [0.2, 0.25) is 0 Å². The van der Waals surface area contributed by atoms with Crippen molar-refractivity contribution in [1.29, 1.82) is 0 Å². The van der Waals surface area contributed by atoms with Crippen LogP contribution in [0.1, 0.15) is 162 Å². The van der Waals surface area contributed by atoms with Crippen molar-refractivity contribution in [2.24, 2.45) is 5.73 Å². The first-order valence-electron chi connectivity index (χ1n) is 21.1. The molecule has 0 aliphatic heterocycles. The molecule has 8 nitrogen and oxygen atoms in total. The Morgan fingerprint density at radius 2 is 1.06 bits per heavy atom. The van der Waals surface area contributed by atoms with Crippen LogP contribution in [0.3, 0.4) is 0 Å². The van der Waals surface area contributed by atoms with Gasteiger partial charge in [0.2, 0.25) is 0 Å². The molecule has 0 saturated heterocycles. The molecule has 0 saturated carbocycles. The zero-order valence-corrected chi connectivity index (χ0v) is 35.1. The lowest BCUT2D eigenvalue weighted by molar-refractivity contribution is -0.147. The molecule has 54 heavy (non-hydrogen) atoms. The van der Waals surface area contributed by atoms with Gasteiger partial charge in [-0.25, -0.2) is 4.57 Å². The monoisotopic (exact) mass is 776 g/mol. The van der Waals surface area contributed by atoms with Gasteiger partial charge in [0.15, 0.2) is 6.10 Å². The van der Waals surface area contributed by atoms with Crippen molar-refractivity contribution in [3.63, 3.8) is 0 Å². The summed E-state index contributed by atoms with van der Waals surface area (Å²) in [5, 5.41) is 0. The molecule has 0 radical (unpaired) electrons. The van der Waals surface area contributed by atoms with Crippen molar-refractivity contribution in [3.05, 3.63) is 85.3 Å². The van der Waals surface area contributed by atoms with Gasteiger partial charge in [-0.2, -0.15) is 0 Å². The summed E-state index contributed by atoms with van der Waals surface area (Å²) in [5.74, 6) is -0.326. The van der Waals surface area contributed by atoms with Gasteiger partial charge in [0, 0.05) is 13.0 Å². The maximum absolute atomic E-state index is 12.4. The number of hydrogen-bond donors (Lipinski definition) is 2. The number of phosphoric acid groups is 1. The van der Waals surface area contributed by atoms with Gasteiger partial charge in [0.25, 0.3) is 0 Å². The molecular formula is C45H78NO7P. The van der Waals surface area contributed by atoms with Crippen LogP contribution in [0.5, 0.6) is 0 Å². The van der Waals surface area contributed by atoms with E-state index in [4.69, 9.17) is 24.3 Å². The van der Waals surface area contributed by atoms with Crippen molar-refractivity contribution >= 4 is 13.8 Å². The number of carbonyl (C=O) groups is 1. The minimum Gasteiger partial charge on any atom is -0.492 e. The Balaban J connectivity index is 4.19. The highest BCUT2D eigenvalue weighted by atomic mass is 31.2. The zero-order valence-electron chi connectivity index (χ0n) is 34.2. The van der Waals surface area contributed by atoms with E-state index in [2.05, 4.69) is 86.8 Å². The van der Waals surface area contributed by atoms with E-state index in [1.807, 2.05) is 6.08 Å². The number of ether oxygens (including phenoxy) is 2. The van der Waals surface area contributed by atoms with Crippen LogP contribution in [0.25, 0.3) is 0 Å². The quantitative estimate of drug-likeness (QED) is 0.0208. The number of carbonyl (C=O) groups excluding carboxylic acids is 1. The van der Waals surface area contributed by atoms with Crippen LogP contribution in [0.15, 0.2) is 85.3 Å². The topological polar surface area (TPSA) is 117 Å². The van der Waals surface area contributed by atoms with Gasteiger partial charge in [-0.15, -0.1) is 0 Å². The summed E-state index contributed by atoms with van der Waals surface area (Å²) in [6.07, 6.45) is 54.1. The van der Waals surface area contributed by atoms with Crippen LogP contribution in [0, 0.1) is 0 Å². The lowest BCUT2D eigenvalue weighted by atomic mass is 10.1. The van der Waals surface area contributed by atoms with Gasteiger partial charge in [-0.05, 0) is 96.0 Å². The molecule has 9 heteroatoms. The van der Waals surface area contributed by atoms with Gasteiger partial charge in [-0.3, -0.25) is 13.8 Å². The molecule has 0 aromatic rings. The molecule has 0 rings (SSSR count). The van der Waals surface area contributed by atoms with E-state index in [1.165, 1.54) is 64.2 Å². The normalized spacial score (nSPS) is 14.3. The first kappa shape index (κ1) is 51.5. The fourth-order valence-electron chi connectivity index (χ4n) is 5.24. The summed E-state index contributed by atoms with van der Waals surface area (Å²) in [6, 6.07) is 0. The Morgan fingerprint density at radius 3 is 1.59 bits per heavy atom. The number of hydrogen-bond acceptors (Lipinski definition) is 7. The fraction of sp³-hybridized carbons (Fsp3) is 0.667. The second kappa shape index (κ2) is 41.7. The number of allylic oxidation sites excluding steroid dienone is 13. The summed E-state index contributed by atoms with van der Waals surface area (Å²) < 4.78 is 33.1. The van der Waals surface area contributed by atoms with E-state index < -0.39 is 13.9 Å². The number of phosphoric ester groups is 1. The summed E-state index contributed by atoms with van der Waals surface area (Å²) in [6.45, 7) is 4.02. The third-order valence-corrected chi connectivity index (χ3v) is 9.37. The summed E-state index contributed by atoms with van der Waals surface area (Å²) in [7, 11) is -4.28. The van der Waals surface area contributed by atoms with Crippen LogP contribution < -0.4 is 5.73 Å². The van der Waals surface area contributed by atoms with Crippen LogP contribution in [-0.4, -0.2) is 43.3 Å². The third kappa shape index (κ3) is 40.7. The first-order valence-corrected chi connectivity index (χ1v) is 22.6. The highest BCUT2D eigenvalue weighted by Gasteiger charge is 2.24. The average molecular weight is 776 g/mol. The van der Waals surface area contributed by atoms with Gasteiger partial charge in [0.05, 0.1) is 19.5 Å². The highest BCUT2D eigenvalue weighted by molar-refractivity contribution is 7.47. The molecule has 0 bridgehead atoms. The molecule has 0 amide bonds. The predicted molar refractivity (Wildman–Crippen MR) is 228 cm³/mol. The lowest BCUT2D eigenvalue weighted by Gasteiger charge is -2.19. The largest absolute Gasteiger partial charge is 0.492 e. The lowest BCUT2D eigenvalue weighted by Crippen LogP contribution is -2.25. The van der Waals surface area contributed by atoms with E-state index in [0.717, 1.165) is 77.0 Å². The molecule has 0 spiro atoms. The van der Waals surface area contributed by atoms with Crippen LogP contribution in [-0.2, 0) is 27.9 Å².